The molecule has 20 heavy (non-hydrogen) atoms. The topological polar surface area (TPSA) is 71.5 Å². The van der Waals surface area contributed by atoms with Gasteiger partial charge in [0.05, 0.1) is 23.4 Å². The Balaban J connectivity index is 3.04. The first-order chi connectivity index (χ1) is 9.18. The Kier molecular flexibility index (Phi) is 4.98. The van der Waals surface area contributed by atoms with Crippen LogP contribution in [0.15, 0.2) is 47.5 Å². The van der Waals surface area contributed by atoms with Gasteiger partial charge in [-0.3, -0.25) is 4.31 Å². The average molecular weight is 313 g/mol. The van der Waals surface area contributed by atoms with E-state index in [1.807, 2.05) is 0 Å². The number of benzene rings is 1. The maximum Gasteiger partial charge on any atom is 0.232 e. The molecule has 108 valence electrons. The molecular weight excluding hydrogens is 298 g/mol. The fourth-order valence-electron chi connectivity index (χ4n) is 1.55. The molecule has 1 aromatic carbocycles. The van der Waals surface area contributed by atoms with Crippen molar-refractivity contribution in [2.75, 3.05) is 18.6 Å². The first kappa shape index (κ1) is 16.3. The summed E-state index contributed by atoms with van der Waals surface area (Å²) < 4.78 is 48.2. The van der Waals surface area contributed by atoms with Gasteiger partial charge in [0.15, 0.2) is 9.84 Å². The van der Waals surface area contributed by atoms with Crippen molar-refractivity contribution in [2.24, 2.45) is 0 Å². The molecule has 0 aromatic heterocycles. The van der Waals surface area contributed by atoms with Crippen LogP contribution in [-0.4, -0.2) is 39.7 Å². The van der Waals surface area contributed by atoms with Gasteiger partial charge in [-0.2, -0.15) is 0 Å². The molecule has 0 N–H and O–H groups in total. The van der Waals surface area contributed by atoms with Crippen molar-refractivity contribution in [1.29, 1.82) is 0 Å². The lowest BCUT2D eigenvalue weighted by Crippen LogP contribution is -2.32. The molecule has 0 atom stereocenters. The van der Waals surface area contributed by atoms with E-state index in [4.69, 9.17) is 6.42 Å². The SMILES string of the molecule is C#CCN(C(=C)CS(=O)(=O)c1ccccc1)S(C)(=O)=O. The summed E-state index contributed by atoms with van der Waals surface area (Å²) in [6.07, 6.45) is 6.04. The predicted molar refractivity (Wildman–Crippen MR) is 78.0 cm³/mol. The van der Waals surface area contributed by atoms with E-state index in [9.17, 15) is 16.8 Å². The maximum absolute atomic E-state index is 12.1. The largest absolute Gasteiger partial charge is 0.262 e. The highest BCUT2D eigenvalue weighted by Crippen LogP contribution is 2.16. The predicted octanol–water partition coefficient (Wildman–Crippen LogP) is 0.869. The number of hydrogen-bond donors (Lipinski definition) is 0. The number of sulfonamides is 1. The zero-order valence-corrected chi connectivity index (χ0v) is 12.6. The summed E-state index contributed by atoms with van der Waals surface area (Å²) in [5.74, 6) is 1.66. The fourth-order valence-corrected chi connectivity index (χ4v) is 3.81. The zero-order chi connectivity index (χ0) is 15.4. The van der Waals surface area contributed by atoms with Crippen molar-refractivity contribution >= 4 is 19.9 Å². The van der Waals surface area contributed by atoms with Gasteiger partial charge in [0.25, 0.3) is 0 Å². The van der Waals surface area contributed by atoms with Crippen LogP contribution in [0.25, 0.3) is 0 Å². The van der Waals surface area contributed by atoms with Gasteiger partial charge >= 0.3 is 0 Å². The molecule has 0 bridgehead atoms. The number of nitrogens with zero attached hydrogens (tertiary/aromatic N) is 1. The Hall–Kier alpha value is -1.78. The van der Waals surface area contributed by atoms with E-state index in [0.717, 1.165) is 10.6 Å². The standard InChI is InChI=1S/C13H15NO4S2/c1-4-10-14(19(3,15)16)12(2)11-20(17,18)13-8-6-5-7-9-13/h1,5-9H,2,10-11H2,3H3. The molecule has 1 rings (SSSR count). The maximum atomic E-state index is 12.1. The number of terminal acetylenes is 1. The summed E-state index contributed by atoms with van der Waals surface area (Å²) in [6.45, 7) is 3.27. The van der Waals surface area contributed by atoms with Crippen molar-refractivity contribution in [1.82, 2.24) is 4.31 Å². The summed E-state index contributed by atoms with van der Waals surface area (Å²) in [5.41, 5.74) is -0.0747. The van der Waals surface area contributed by atoms with Crippen molar-refractivity contribution in [3.8, 4) is 12.3 Å². The zero-order valence-electron chi connectivity index (χ0n) is 11.0. The van der Waals surface area contributed by atoms with Crippen molar-refractivity contribution in [2.45, 2.75) is 4.90 Å². The monoisotopic (exact) mass is 313 g/mol. The molecule has 7 heteroatoms. The second-order valence-corrected chi connectivity index (χ2v) is 8.01. The fraction of sp³-hybridized carbons (Fsp3) is 0.231. The lowest BCUT2D eigenvalue weighted by atomic mass is 10.4. The minimum Gasteiger partial charge on any atom is -0.262 e. The Morgan fingerprint density at radius 3 is 2.25 bits per heavy atom. The molecule has 0 amide bonds. The van der Waals surface area contributed by atoms with E-state index < -0.39 is 25.6 Å². The van der Waals surface area contributed by atoms with Crippen LogP contribution in [0.2, 0.25) is 0 Å². The van der Waals surface area contributed by atoms with Crippen LogP contribution < -0.4 is 0 Å². The van der Waals surface area contributed by atoms with Gasteiger partial charge < -0.3 is 0 Å². The minimum atomic E-state index is -3.66. The van der Waals surface area contributed by atoms with Crippen LogP contribution in [0, 0.1) is 12.3 Å². The van der Waals surface area contributed by atoms with Gasteiger partial charge in [0.2, 0.25) is 10.0 Å². The summed E-state index contributed by atoms with van der Waals surface area (Å²) >= 11 is 0. The smallest absolute Gasteiger partial charge is 0.232 e. The molecule has 0 aliphatic carbocycles. The molecule has 1 aromatic rings. The van der Waals surface area contributed by atoms with Crippen LogP contribution >= 0.6 is 0 Å². The third kappa shape index (κ3) is 4.11. The van der Waals surface area contributed by atoms with Gasteiger partial charge in [-0.15, -0.1) is 6.42 Å². The molecule has 0 spiro atoms. The lowest BCUT2D eigenvalue weighted by Gasteiger charge is -2.21. The number of hydrogen-bond acceptors (Lipinski definition) is 4. The quantitative estimate of drug-likeness (QED) is 0.731. The first-order valence-corrected chi connectivity index (χ1v) is 9.05. The van der Waals surface area contributed by atoms with E-state index in [-0.39, 0.29) is 17.1 Å². The molecule has 0 saturated heterocycles. The van der Waals surface area contributed by atoms with Crippen molar-refractivity contribution < 1.29 is 16.8 Å². The number of rotatable bonds is 6. The Morgan fingerprint density at radius 2 is 1.80 bits per heavy atom. The normalized spacial score (nSPS) is 11.6. The number of sulfone groups is 1. The third-order valence-corrected chi connectivity index (χ3v) is 5.34. The minimum absolute atomic E-state index is 0.0747. The molecule has 0 unspecified atom stereocenters. The molecule has 5 nitrogen and oxygen atoms in total. The van der Waals surface area contributed by atoms with Crippen molar-refractivity contribution in [3.63, 3.8) is 0 Å². The molecule has 0 fully saturated rings. The van der Waals surface area contributed by atoms with Gasteiger partial charge in [-0.25, -0.2) is 16.8 Å². The van der Waals surface area contributed by atoms with Gasteiger partial charge in [0, 0.05) is 5.70 Å². The molecule has 0 aliphatic heterocycles. The van der Waals surface area contributed by atoms with Crippen molar-refractivity contribution in [3.05, 3.63) is 42.6 Å². The summed E-state index contributed by atoms with van der Waals surface area (Å²) in [5, 5.41) is 0. The van der Waals surface area contributed by atoms with Gasteiger partial charge in [-0.1, -0.05) is 30.7 Å². The molecule has 0 radical (unpaired) electrons. The highest BCUT2D eigenvalue weighted by molar-refractivity contribution is 7.91. The van der Waals surface area contributed by atoms with Crippen LogP contribution in [0.5, 0.6) is 0 Å². The van der Waals surface area contributed by atoms with E-state index in [0.29, 0.717) is 0 Å². The molecule has 0 saturated carbocycles. The average Bonchev–Trinajstić information content (AvgIpc) is 2.35. The Morgan fingerprint density at radius 1 is 1.25 bits per heavy atom. The molecule has 0 aliphatic rings. The summed E-state index contributed by atoms with van der Waals surface area (Å²) in [6, 6.07) is 7.75. The lowest BCUT2D eigenvalue weighted by molar-refractivity contribution is 0.513. The summed E-state index contributed by atoms with van der Waals surface area (Å²) in [7, 11) is -7.31. The van der Waals surface area contributed by atoms with E-state index in [2.05, 4.69) is 12.5 Å². The molecule has 0 heterocycles. The summed E-state index contributed by atoms with van der Waals surface area (Å²) in [4.78, 5) is 0.107. The second-order valence-electron chi connectivity index (χ2n) is 4.11. The highest BCUT2D eigenvalue weighted by atomic mass is 32.2. The van der Waals surface area contributed by atoms with Gasteiger partial charge in [-0.05, 0) is 12.1 Å². The van der Waals surface area contributed by atoms with Crippen LogP contribution in [0.1, 0.15) is 0 Å². The van der Waals surface area contributed by atoms with Crippen LogP contribution in [0.4, 0.5) is 0 Å². The third-order valence-electron chi connectivity index (χ3n) is 2.45. The van der Waals surface area contributed by atoms with E-state index >= 15 is 0 Å². The van der Waals surface area contributed by atoms with E-state index in [1.165, 1.54) is 12.1 Å². The van der Waals surface area contributed by atoms with Gasteiger partial charge in [0.1, 0.15) is 0 Å². The van der Waals surface area contributed by atoms with Crippen LogP contribution in [-0.2, 0) is 19.9 Å². The van der Waals surface area contributed by atoms with E-state index in [1.54, 1.807) is 18.2 Å². The highest BCUT2D eigenvalue weighted by Gasteiger charge is 2.23. The second kappa shape index (κ2) is 6.11. The molecular formula is C13H15NO4S2. The Bertz CT molecular complexity index is 728. The van der Waals surface area contributed by atoms with Crippen LogP contribution in [0.3, 0.4) is 0 Å². The first-order valence-electron chi connectivity index (χ1n) is 5.55. The Labute approximate surface area is 119 Å².